The Balaban J connectivity index is 2.73. The van der Waals surface area contributed by atoms with Crippen LogP contribution in [0.4, 0.5) is 0 Å². The fourth-order valence-electron chi connectivity index (χ4n) is 1.50. The van der Waals surface area contributed by atoms with Crippen LogP contribution in [-0.2, 0) is 19.9 Å². The molecule has 0 unspecified atom stereocenters. The summed E-state index contributed by atoms with van der Waals surface area (Å²) < 4.78 is 48.9. The Morgan fingerprint density at radius 2 is 1.45 bits per heavy atom. The summed E-state index contributed by atoms with van der Waals surface area (Å²) in [5.41, 5.74) is 0. The summed E-state index contributed by atoms with van der Waals surface area (Å²) in [5, 5.41) is 3.09. The molecule has 0 atom stereocenters. The molecule has 0 fully saturated rings. The minimum atomic E-state index is -3.61. The van der Waals surface area contributed by atoms with E-state index in [1.807, 2.05) is 13.8 Å². The van der Waals surface area contributed by atoms with Crippen molar-refractivity contribution in [1.82, 2.24) is 10.0 Å². The van der Waals surface area contributed by atoms with Gasteiger partial charge in [-0.25, -0.2) is 21.6 Å². The Morgan fingerprint density at radius 1 is 0.950 bits per heavy atom. The summed E-state index contributed by atoms with van der Waals surface area (Å²) in [6.45, 7) is 4.74. The third-order valence-corrected chi connectivity index (χ3v) is 5.14. The molecule has 2 N–H and O–H groups in total. The highest BCUT2D eigenvalue weighted by Gasteiger charge is 2.14. The van der Waals surface area contributed by atoms with Crippen LogP contribution in [0.25, 0.3) is 0 Å². The van der Waals surface area contributed by atoms with Gasteiger partial charge in [-0.05, 0) is 24.3 Å². The van der Waals surface area contributed by atoms with Crippen molar-refractivity contribution in [3.8, 4) is 0 Å². The second kappa shape index (κ2) is 6.66. The first-order chi connectivity index (χ1) is 9.13. The fourth-order valence-corrected chi connectivity index (χ4v) is 3.16. The normalized spacial score (nSPS) is 12.8. The maximum Gasteiger partial charge on any atom is 0.240 e. The molecule has 0 aromatic heterocycles. The first-order valence-corrected chi connectivity index (χ1v) is 9.53. The van der Waals surface area contributed by atoms with Gasteiger partial charge in [0.1, 0.15) is 0 Å². The summed E-state index contributed by atoms with van der Waals surface area (Å²) >= 11 is 0. The highest BCUT2D eigenvalue weighted by molar-refractivity contribution is 7.90. The second-order valence-electron chi connectivity index (χ2n) is 4.75. The second-order valence-corrected chi connectivity index (χ2v) is 8.53. The number of benzene rings is 1. The first kappa shape index (κ1) is 17.1. The Hall–Kier alpha value is -0.960. The van der Waals surface area contributed by atoms with Crippen LogP contribution in [0.15, 0.2) is 34.1 Å². The van der Waals surface area contributed by atoms with Gasteiger partial charge in [0, 0.05) is 25.4 Å². The molecule has 0 heterocycles. The van der Waals surface area contributed by atoms with E-state index >= 15 is 0 Å². The zero-order chi connectivity index (χ0) is 15.4. The van der Waals surface area contributed by atoms with E-state index in [-0.39, 0.29) is 22.4 Å². The van der Waals surface area contributed by atoms with Gasteiger partial charge in [0.15, 0.2) is 9.84 Å². The molecule has 6 nitrogen and oxygen atoms in total. The van der Waals surface area contributed by atoms with Crippen LogP contribution < -0.4 is 10.0 Å². The standard InChI is InChI=1S/C12H20N2O4S2/c1-10(2)13-8-9-14-20(17,18)12-6-4-11(5-7-12)19(3,15)16/h4-7,10,13-14H,8-9H2,1-3H3. The number of nitrogens with one attached hydrogen (secondary N) is 2. The Labute approximate surface area is 120 Å². The zero-order valence-electron chi connectivity index (χ0n) is 11.8. The average molecular weight is 320 g/mol. The maximum absolute atomic E-state index is 11.9. The van der Waals surface area contributed by atoms with Gasteiger partial charge in [0.05, 0.1) is 9.79 Å². The zero-order valence-corrected chi connectivity index (χ0v) is 13.4. The predicted molar refractivity (Wildman–Crippen MR) is 77.9 cm³/mol. The van der Waals surface area contributed by atoms with E-state index in [0.717, 1.165) is 6.26 Å². The summed E-state index contributed by atoms with van der Waals surface area (Å²) in [4.78, 5) is 0.146. The van der Waals surface area contributed by atoms with Gasteiger partial charge in [0.2, 0.25) is 10.0 Å². The molecule has 0 bridgehead atoms. The lowest BCUT2D eigenvalue weighted by atomic mass is 10.4. The quantitative estimate of drug-likeness (QED) is 0.708. The molecule has 0 aliphatic carbocycles. The summed E-state index contributed by atoms with van der Waals surface area (Å²) in [5.74, 6) is 0. The molecular weight excluding hydrogens is 300 g/mol. The van der Waals surface area contributed by atoms with Crippen LogP contribution >= 0.6 is 0 Å². The Kier molecular flexibility index (Phi) is 5.69. The van der Waals surface area contributed by atoms with Crippen LogP contribution in [0.3, 0.4) is 0 Å². The maximum atomic E-state index is 11.9. The third kappa shape index (κ3) is 5.20. The lowest BCUT2D eigenvalue weighted by Crippen LogP contribution is -2.34. The van der Waals surface area contributed by atoms with E-state index in [4.69, 9.17) is 0 Å². The van der Waals surface area contributed by atoms with Crippen molar-refractivity contribution >= 4 is 19.9 Å². The van der Waals surface area contributed by atoms with E-state index in [1.165, 1.54) is 24.3 Å². The van der Waals surface area contributed by atoms with Crippen molar-refractivity contribution in [3.63, 3.8) is 0 Å². The van der Waals surface area contributed by atoms with Gasteiger partial charge >= 0.3 is 0 Å². The molecular formula is C12H20N2O4S2. The van der Waals surface area contributed by atoms with Crippen molar-refractivity contribution in [2.24, 2.45) is 0 Å². The molecule has 1 aromatic carbocycles. The fraction of sp³-hybridized carbons (Fsp3) is 0.500. The SMILES string of the molecule is CC(C)NCCNS(=O)(=O)c1ccc(S(C)(=O)=O)cc1. The molecule has 8 heteroatoms. The monoisotopic (exact) mass is 320 g/mol. The number of hydrogen-bond acceptors (Lipinski definition) is 5. The van der Waals surface area contributed by atoms with E-state index in [9.17, 15) is 16.8 Å². The van der Waals surface area contributed by atoms with Crippen LogP contribution in [0.2, 0.25) is 0 Å². The molecule has 0 saturated carbocycles. The topological polar surface area (TPSA) is 92.3 Å². The molecule has 1 rings (SSSR count). The molecule has 1 aromatic rings. The van der Waals surface area contributed by atoms with E-state index in [2.05, 4.69) is 10.0 Å². The van der Waals surface area contributed by atoms with Gasteiger partial charge in [-0.2, -0.15) is 0 Å². The van der Waals surface area contributed by atoms with E-state index in [1.54, 1.807) is 0 Å². The highest BCUT2D eigenvalue weighted by atomic mass is 32.2. The van der Waals surface area contributed by atoms with Gasteiger partial charge < -0.3 is 5.32 Å². The van der Waals surface area contributed by atoms with Crippen LogP contribution in [-0.4, -0.2) is 42.2 Å². The van der Waals surface area contributed by atoms with Crippen molar-refractivity contribution in [2.75, 3.05) is 19.3 Å². The van der Waals surface area contributed by atoms with Crippen molar-refractivity contribution in [1.29, 1.82) is 0 Å². The summed E-state index contributed by atoms with van der Waals surface area (Å²) in [6.07, 6.45) is 1.08. The van der Waals surface area contributed by atoms with Crippen molar-refractivity contribution in [3.05, 3.63) is 24.3 Å². The summed E-state index contributed by atoms with van der Waals surface area (Å²) in [6, 6.07) is 5.43. The Morgan fingerprint density at radius 3 is 1.90 bits per heavy atom. The molecule has 0 radical (unpaired) electrons. The lowest BCUT2D eigenvalue weighted by Gasteiger charge is -2.10. The first-order valence-electron chi connectivity index (χ1n) is 6.16. The minimum absolute atomic E-state index is 0.0504. The molecule has 0 saturated heterocycles. The van der Waals surface area contributed by atoms with Crippen molar-refractivity contribution in [2.45, 2.75) is 29.7 Å². The van der Waals surface area contributed by atoms with Crippen LogP contribution in [0.1, 0.15) is 13.8 Å². The van der Waals surface area contributed by atoms with Crippen molar-refractivity contribution < 1.29 is 16.8 Å². The number of sulfonamides is 1. The van der Waals surface area contributed by atoms with E-state index in [0.29, 0.717) is 6.54 Å². The number of rotatable bonds is 7. The minimum Gasteiger partial charge on any atom is -0.313 e. The van der Waals surface area contributed by atoms with Crippen LogP contribution in [0.5, 0.6) is 0 Å². The lowest BCUT2D eigenvalue weighted by molar-refractivity contribution is 0.559. The Bertz CT molecular complexity index is 635. The molecule has 114 valence electrons. The van der Waals surface area contributed by atoms with E-state index < -0.39 is 19.9 Å². The predicted octanol–water partition coefficient (Wildman–Crippen LogP) is 0.366. The third-order valence-electron chi connectivity index (χ3n) is 2.53. The molecule has 0 aliphatic heterocycles. The van der Waals surface area contributed by atoms with Gasteiger partial charge in [-0.15, -0.1) is 0 Å². The largest absolute Gasteiger partial charge is 0.313 e. The molecule has 20 heavy (non-hydrogen) atoms. The molecule has 0 aliphatic rings. The van der Waals surface area contributed by atoms with Gasteiger partial charge in [0.25, 0.3) is 0 Å². The summed E-state index contributed by atoms with van der Waals surface area (Å²) in [7, 11) is -6.93. The molecule has 0 amide bonds. The number of hydrogen-bond donors (Lipinski definition) is 2. The van der Waals surface area contributed by atoms with Gasteiger partial charge in [-0.3, -0.25) is 0 Å². The molecule has 0 spiro atoms. The average Bonchev–Trinajstić information content (AvgIpc) is 2.34. The van der Waals surface area contributed by atoms with Gasteiger partial charge in [-0.1, -0.05) is 13.8 Å². The van der Waals surface area contributed by atoms with Crippen LogP contribution in [0, 0.1) is 0 Å². The number of sulfone groups is 1. The highest BCUT2D eigenvalue weighted by Crippen LogP contribution is 2.13. The smallest absolute Gasteiger partial charge is 0.240 e.